The second-order valence-electron chi connectivity index (χ2n) is 6.98. The van der Waals surface area contributed by atoms with E-state index in [1.165, 1.54) is 22.3 Å². The molecule has 0 bridgehead atoms. The van der Waals surface area contributed by atoms with Gasteiger partial charge in [0.15, 0.2) is 0 Å². The van der Waals surface area contributed by atoms with Crippen LogP contribution in [0.1, 0.15) is 33.4 Å². The summed E-state index contributed by atoms with van der Waals surface area (Å²) < 4.78 is 0. The highest BCUT2D eigenvalue weighted by molar-refractivity contribution is 5.82. The second kappa shape index (κ2) is 7.55. The molecule has 0 saturated heterocycles. The molecular weight excluding hydrogens is 348 g/mol. The first-order valence-corrected chi connectivity index (χ1v) is 9.62. The summed E-state index contributed by atoms with van der Waals surface area (Å²) >= 11 is 0. The highest BCUT2D eigenvalue weighted by atomic mass is 14.2. The quantitative estimate of drug-likeness (QED) is 0.292. The van der Waals surface area contributed by atoms with Crippen molar-refractivity contribution in [2.24, 2.45) is 0 Å². The third-order valence-electron chi connectivity index (χ3n) is 4.95. The molecule has 1 radical (unpaired) electrons. The lowest BCUT2D eigenvalue weighted by atomic mass is 10.0. The van der Waals surface area contributed by atoms with Crippen LogP contribution in [0.15, 0.2) is 97.1 Å². The molecule has 0 heteroatoms. The average molecular weight is 365 g/mol. The molecule has 0 fully saturated rings. The molecule has 0 unspecified atom stereocenters. The first kappa shape index (κ1) is 17.1. The number of hydrogen-bond acceptors (Lipinski definition) is 0. The molecule has 0 amide bonds. The third-order valence-corrected chi connectivity index (χ3v) is 4.95. The van der Waals surface area contributed by atoms with E-state index in [1.807, 2.05) is 60.7 Å². The minimum atomic E-state index is 1.03. The first-order chi connectivity index (χ1) is 14.3. The van der Waals surface area contributed by atoms with Gasteiger partial charge in [0.2, 0.25) is 0 Å². The predicted octanol–water partition coefficient (Wildman–Crippen LogP) is 6.07. The fourth-order valence-electron chi connectivity index (χ4n) is 3.51. The Morgan fingerprint density at radius 1 is 0.379 bits per heavy atom. The second-order valence-corrected chi connectivity index (χ2v) is 6.98. The van der Waals surface area contributed by atoms with Crippen LogP contribution in [0.3, 0.4) is 0 Å². The highest BCUT2D eigenvalue weighted by Gasteiger charge is 2.18. The van der Waals surface area contributed by atoms with E-state index in [0.717, 1.165) is 22.3 Å². The van der Waals surface area contributed by atoms with Crippen molar-refractivity contribution in [2.75, 3.05) is 0 Å². The van der Waals surface area contributed by atoms with Gasteiger partial charge in [0.25, 0.3) is 0 Å². The Labute approximate surface area is 171 Å². The molecule has 133 valence electrons. The maximum atomic E-state index is 3.27. The molecule has 4 aromatic rings. The van der Waals surface area contributed by atoms with Crippen molar-refractivity contribution < 1.29 is 0 Å². The van der Waals surface area contributed by atoms with Crippen molar-refractivity contribution in [2.45, 2.75) is 0 Å². The molecule has 0 spiro atoms. The summed E-state index contributed by atoms with van der Waals surface area (Å²) in [6.07, 6.45) is 2.23. The summed E-state index contributed by atoms with van der Waals surface area (Å²) in [7, 11) is 0. The van der Waals surface area contributed by atoms with Crippen molar-refractivity contribution in [3.05, 3.63) is 137 Å². The van der Waals surface area contributed by atoms with E-state index in [9.17, 15) is 0 Å². The standard InChI is InChI=1S/C29H17/c1-3-7-22(8-4-1)11-13-24-15-17-28-26(19-24)21-27-20-25(16-18-29(27)28)14-12-23-9-5-2-6-10-23/h1-10,15-21H. The molecule has 5 rings (SSSR count). The van der Waals surface area contributed by atoms with Crippen LogP contribution < -0.4 is 0 Å². The molecule has 0 N–H and O–H groups in total. The minimum Gasteiger partial charge on any atom is -0.0622 e. The monoisotopic (exact) mass is 365 g/mol. The van der Waals surface area contributed by atoms with Crippen LogP contribution in [-0.2, 0) is 0 Å². The van der Waals surface area contributed by atoms with Gasteiger partial charge < -0.3 is 0 Å². The SMILES string of the molecule is C(#Cc1ccc2c(c1)[CH]c1cc(C#Cc3ccccc3)ccc1-2)c1ccccc1. The number of hydrogen-bond donors (Lipinski definition) is 0. The Bertz CT molecular complexity index is 1200. The molecule has 0 aliphatic heterocycles. The maximum absolute atomic E-state index is 3.27. The maximum Gasteiger partial charge on any atom is 0.0252 e. The van der Waals surface area contributed by atoms with Gasteiger partial charge in [-0.25, -0.2) is 0 Å². The Morgan fingerprint density at radius 2 is 0.793 bits per heavy atom. The largest absolute Gasteiger partial charge is 0.0622 e. The van der Waals surface area contributed by atoms with Crippen molar-refractivity contribution in [3.63, 3.8) is 0 Å². The smallest absolute Gasteiger partial charge is 0.0252 e. The normalized spacial score (nSPS) is 10.8. The van der Waals surface area contributed by atoms with E-state index in [4.69, 9.17) is 0 Å². The average Bonchev–Trinajstić information content (AvgIpc) is 3.14. The lowest BCUT2D eigenvalue weighted by Gasteiger charge is -2.01. The van der Waals surface area contributed by atoms with Crippen LogP contribution in [0.25, 0.3) is 11.1 Å². The van der Waals surface area contributed by atoms with Crippen molar-refractivity contribution in [1.82, 2.24) is 0 Å². The van der Waals surface area contributed by atoms with Gasteiger partial charge in [0.1, 0.15) is 0 Å². The molecule has 0 nitrogen and oxygen atoms in total. The zero-order valence-electron chi connectivity index (χ0n) is 15.8. The molecule has 0 atom stereocenters. The lowest BCUT2D eigenvalue weighted by molar-refractivity contribution is 1.51. The van der Waals surface area contributed by atoms with Gasteiger partial charge in [0, 0.05) is 28.7 Å². The van der Waals surface area contributed by atoms with Crippen LogP contribution in [0.2, 0.25) is 0 Å². The van der Waals surface area contributed by atoms with Crippen LogP contribution >= 0.6 is 0 Å². The van der Waals surface area contributed by atoms with Crippen LogP contribution in [0, 0.1) is 30.1 Å². The van der Waals surface area contributed by atoms with E-state index in [0.29, 0.717) is 0 Å². The Morgan fingerprint density at radius 3 is 1.24 bits per heavy atom. The van der Waals surface area contributed by atoms with Gasteiger partial charge in [-0.15, -0.1) is 0 Å². The molecule has 0 heterocycles. The fraction of sp³-hybridized carbons (Fsp3) is 0. The third kappa shape index (κ3) is 3.70. The van der Waals surface area contributed by atoms with Gasteiger partial charge in [-0.1, -0.05) is 72.2 Å². The summed E-state index contributed by atoms with van der Waals surface area (Å²) in [6.45, 7) is 0. The van der Waals surface area contributed by atoms with Gasteiger partial charge in [-0.2, -0.15) is 0 Å². The summed E-state index contributed by atoms with van der Waals surface area (Å²) in [4.78, 5) is 0. The summed E-state index contributed by atoms with van der Waals surface area (Å²) in [5, 5.41) is 0. The van der Waals surface area contributed by atoms with Gasteiger partial charge in [-0.05, 0) is 70.8 Å². The first-order valence-electron chi connectivity index (χ1n) is 9.62. The predicted molar refractivity (Wildman–Crippen MR) is 119 cm³/mol. The van der Waals surface area contributed by atoms with Gasteiger partial charge in [0.05, 0.1) is 0 Å². The summed E-state index contributed by atoms with van der Waals surface area (Å²) in [5.41, 5.74) is 9.06. The molecule has 29 heavy (non-hydrogen) atoms. The Hall–Kier alpha value is -4.00. The van der Waals surface area contributed by atoms with E-state index >= 15 is 0 Å². The number of benzene rings is 4. The minimum absolute atomic E-state index is 1.03. The fourth-order valence-corrected chi connectivity index (χ4v) is 3.51. The van der Waals surface area contributed by atoms with E-state index in [2.05, 4.69) is 66.5 Å². The lowest BCUT2D eigenvalue weighted by Crippen LogP contribution is -1.81. The topological polar surface area (TPSA) is 0 Å². The van der Waals surface area contributed by atoms with E-state index < -0.39 is 0 Å². The van der Waals surface area contributed by atoms with E-state index in [-0.39, 0.29) is 0 Å². The van der Waals surface area contributed by atoms with Crippen molar-refractivity contribution in [3.8, 4) is 34.8 Å². The van der Waals surface area contributed by atoms with Crippen LogP contribution in [-0.4, -0.2) is 0 Å². The molecule has 1 aliphatic carbocycles. The molecule has 1 aliphatic rings. The van der Waals surface area contributed by atoms with Crippen LogP contribution in [0.5, 0.6) is 0 Å². The zero-order chi connectivity index (χ0) is 19.5. The Kier molecular flexibility index (Phi) is 4.46. The van der Waals surface area contributed by atoms with Crippen molar-refractivity contribution >= 4 is 0 Å². The van der Waals surface area contributed by atoms with E-state index in [1.54, 1.807) is 0 Å². The highest BCUT2D eigenvalue weighted by Crippen LogP contribution is 2.38. The molecule has 0 saturated carbocycles. The van der Waals surface area contributed by atoms with Crippen LogP contribution in [0.4, 0.5) is 0 Å². The van der Waals surface area contributed by atoms with Gasteiger partial charge in [-0.3, -0.25) is 0 Å². The zero-order valence-corrected chi connectivity index (χ0v) is 15.8. The molecule has 0 aromatic heterocycles. The van der Waals surface area contributed by atoms with Gasteiger partial charge >= 0.3 is 0 Å². The summed E-state index contributed by atoms with van der Waals surface area (Å²) in [5.74, 6) is 13.0. The van der Waals surface area contributed by atoms with Crippen molar-refractivity contribution in [1.29, 1.82) is 0 Å². The summed E-state index contributed by atoms with van der Waals surface area (Å²) in [6, 6.07) is 33.0. The Balaban J connectivity index is 1.41. The molecule has 4 aromatic carbocycles. The number of rotatable bonds is 0. The number of fused-ring (bicyclic) bond motifs is 3. The molecular formula is C29H17.